The predicted molar refractivity (Wildman–Crippen MR) is 57.6 cm³/mol. The van der Waals surface area contributed by atoms with E-state index in [4.69, 9.17) is 0 Å². The molecule has 2 rings (SSSR count). The van der Waals surface area contributed by atoms with Crippen LogP contribution in [0.25, 0.3) is 11.1 Å². The van der Waals surface area contributed by atoms with Gasteiger partial charge in [-0.05, 0) is 17.2 Å². The molecular weight excluding hydrogens is 274 g/mol. The van der Waals surface area contributed by atoms with Gasteiger partial charge in [0.25, 0.3) is 0 Å². The molecule has 0 unspecified atom stereocenters. The van der Waals surface area contributed by atoms with Gasteiger partial charge in [0, 0.05) is 0 Å². The van der Waals surface area contributed by atoms with E-state index in [2.05, 4.69) is 0 Å². The topological polar surface area (TPSA) is 40.1 Å². The van der Waals surface area contributed by atoms with Crippen LogP contribution in [0.1, 0.15) is 0 Å². The molecule has 74 valence electrons. The van der Waals surface area contributed by atoms with Crippen LogP contribution in [0.2, 0.25) is 0 Å². The Bertz CT molecular complexity index is 524. The molecule has 0 heterocycles. The van der Waals surface area contributed by atoms with E-state index in [1.165, 1.54) is 12.1 Å². The minimum absolute atomic E-state index is 0. The van der Waals surface area contributed by atoms with Crippen LogP contribution >= 0.6 is 0 Å². The molecule has 0 aliphatic rings. The zero-order chi connectivity index (χ0) is 10.7. The summed E-state index contributed by atoms with van der Waals surface area (Å²) in [6.07, 6.45) is 0. The number of rotatable bonds is 1. The predicted octanol–water partition coefficient (Wildman–Crippen LogP) is -1.21. The second kappa shape index (κ2) is 6.45. The Morgan fingerprint density at radius 3 is 2.12 bits per heavy atom. The van der Waals surface area contributed by atoms with E-state index in [1.54, 1.807) is 12.1 Å². The van der Waals surface area contributed by atoms with Crippen LogP contribution in [0, 0.1) is 0 Å². The van der Waals surface area contributed by atoms with Gasteiger partial charge in [-0.25, -0.2) is 0 Å². The maximum atomic E-state index is 11.3. The smallest absolute Gasteiger partial charge is 0.870 e. The summed E-state index contributed by atoms with van der Waals surface area (Å²) < 4.78 is 0. The maximum Gasteiger partial charge on any atom is 1.00 e. The molecule has 0 saturated carbocycles. The quantitative estimate of drug-likeness (QED) is 0.659. The summed E-state index contributed by atoms with van der Waals surface area (Å²) in [7, 11) is 0. The fraction of sp³-hybridized carbons (Fsp3) is 0. The summed E-state index contributed by atoms with van der Waals surface area (Å²) in [5, 5.41) is 11.3. The van der Waals surface area contributed by atoms with Gasteiger partial charge in [-0.3, -0.25) is 4.79 Å². The van der Waals surface area contributed by atoms with Crippen molar-refractivity contribution >= 4 is 0 Å². The average molecular weight is 283 g/mol. The fourth-order valence-electron chi connectivity index (χ4n) is 1.39. The molecule has 0 radical (unpaired) electrons. The molecule has 0 spiro atoms. The van der Waals surface area contributed by atoms with E-state index in [0.29, 0.717) is 0 Å². The first-order chi connectivity index (χ1) is 7.27. The van der Waals surface area contributed by atoms with Gasteiger partial charge in [-0.1, -0.05) is 54.3 Å². The van der Waals surface area contributed by atoms with Crippen molar-refractivity contribution < 1.29 is 63.3 Å². The maximum absolute atomic E-state index is 11.3. The Morgan fingerprint density at radius 1 is 0.812 bits per heavy atom. The van der Waals surface area contributed by atoms with Crippen LogP contribution < -0.4 is 68.7 Å². The van der Waals surface area contributed by atoms with E-state index in [-0.39, 0.29) is 58.2 Å². The van der Waals surface area contributed by atoms with Crippen molar-refractivity contribution in [3.63, 3.8) is 0 Å². The van der Waals surface area contributed by atoms with Gasteiger partial charge in [-0.2, -0.15) is 0 Å². The molecule has 2 aromatic carbocycles. The summed E-state index contributed by atoms with van der Waals surface area (Å²) >= 11 is 0. The normalized spacial score (nSPS) is 9.25. The van der Waals surface area contributed by atoms with Crippen molar-refractivity contribution in [2.75, 3.05) is 0 Å². The number of hydrogen-bond acceptors (Lipinski definition) is 2. The minimum Gasteiger partial charge on any atom is -0.870 e. The van der Waals surface area contributed by atoms with Crippen LogP contribution in [-0.2, 0) is 0 Å². The molecule has 3 heteroatoms. The van der Waals surface area contributed by atoms with Crippen molar-refractivity contribution in [3.8, 4) is 16.9 Å². The third kappa shape index (κ3) is 3.35. The standard InChI is InChI=1S/C13H10O2.Rb/c14-12-8-4-7-11(9-13(12)15)10-5-2-1-3-6-10;/h1-9H,(H,14,15);/q;+1/p-1. The van der Waals surface area contributed by atoms with E-state index in [0.717, 1.165) is 11.1 Å². The Labute approximate surface area is 143 Å². The molecule has 0 fully saturated rings. The van der Waals surface area contributed by atoms with Gasteiger partial charge in [0.2, 0.25) is 0 Å². The van der Waals surface area contributed by atoms with Gasteiger partial charge in [0.1, 0.15) is 0 Å². The molecular formula is C13H9O2Rb. The fourth-order valence-corrected chi connectivity index (χ4v) is 1.39. The van der Waals surface area contributed by atoms with E-state index in [9.17, 15) is 9.90 Å². The molecule has 0 amide bonds. The second-order valence-electron chi connectivity index (χ2n) is 3.22. The second-order valence-corrected chi connectivity index (χ2v) is 3.22. The molecule has 2 aromatic rings. The molecule has 0 atom stereocenters. The largest absolute Gasteiger partial charge is 1.00 e. The summed E-state index contributed by atoms with van der Waals surface area (Å²) in [4.78, 5) is 11.1. The molecule has 0 aliphatic heterocycles. The molecule has 2 nitrogen and oxygen atoms in total. The molecule has 16 heavy (non-hydrogen) atoms. The van der Waals surface area contributed by atoms with Crippen molar-refractivity contribution in [2.24, 2.45) is 0 Å². The molecule has 0 saturated heterocycles. The van der Waals surface area contributed by atoms with Crippen LogP contribution in [0.15, 0.2) is 59.4 Å². The minimum atomic E-state index is -0.475. The molecule has 0 bridgehead atoms. The van der Waals surface area contributed by atoms with E-state index >= 15 is 0 Å². The first kappa shape index (κ1) is 13.8. The average Bonchev–Trinajstić information content (AvgIpc) is 2.43. The molecule has 0 aromatic heterocycles. The van der Waals surface area contributed by atoms with Crippen LogP contribution in [0.5, 0.6) is 5.75 Å². The summed E-state index contributed by atoms with van der Waals surface area (Å²) in [5.41, 5.74) is 1.23. The van der Waals surface area contributed by atoms with E-state index in [1.807, 2.05) is 30.3 Å². The Hall–Kier alpha value is -0.285. The van der Waals surface area contributed by atoms with Gasteiger partial charge < -0.3 is 5.11 Å². The van der Waals surface area contributed by atoms with Crippen molar-refractivity contribution in [2.45, 2.75) is 0 Å². The Kier molecular flexibility index (Phi) is 5.56. The van der Waals surface area contributed by atoms with Gasteiger partial charge in [-0.15, -0.1) is 0 Å². The number of hydrogen-bond donors (Lipinski definition) is 0. The van der Waals surface area contributed by atoms with Gasteiger partial charge >= 0.3 is 58.2 Å². The number of benzene rings is 1. The Morgan fingerprint density at radius 2 is 1.44 bits per heavy atom. The first-order valence-corrected chi connectivity index (χ1v) is 4.64. The summed E-state index contributed by atoms with van der Waals surface area (Å²) in [6.45, 7) is 0. The SMILES string of the molecule is O=c1cccc(-c2ccccc2)cc1[O-].[Rb+]. The zero-order valence-corrected chi connectivity index (χ0v) is 13.9. The van der Waals surface area contributed by atoms with E-state index < -0.39 is 11.2 Å². The molecule has 0 aliphatic carbocycles. The van der Waals surface area contributed by atoms with Crippen molar-refractivity contribution in [3.05, 3.63) is 64.8 Å². The third-order valence-electron chi connectivity index (χ3n) is 2.16. The van der Waals surface area contributed by atoms with Gasteiger partial charge in [0.05, 0.1) is 0 Å². The third-order valence-corrected chi connectivity index (χ3v) is 2.16. The monoisotopic (exact) mass is 282 g/mol. The van der Waals surface area contributed by atoms with Crippen LogP contribution in [0.3, 0.4) is 0 Å². The van der Waals surface area contributed by atoms with Gasteiger partial charge in [0.15, 0.2) is 5.43 Å². The van der Waals surface area contributed by atoms with Crippen molar-refractivity contribution in [1.82, 2.24) is 0 Å². The summed E-state index contributed by atoms with van der Waals surface area (Å²) in [5.74, 6) is -0.473. The zero-order valence-electron chi connectivity index (χ0n) is 9.01. The van der Waals surface area contributed by atoms with Crippen LogP contribution in [0.4, 0.5) is 0 Å². The first-order valence-electron chi connectivity index (χ1n) is 4.64. The summed E-state index contributed by atoms with van der Waals surface area (Å²) in [6, 6.07) is 15.5. The van der Waals surface area contributed by atoms with Crippen LogP contribution in [-0.4, -0.2) is 0 Å². The van der Waals surface area contributed by atoms with Crippen molar-refractivity contribution in [1.29, 1.82) is 0 Å². The Balaban J connectivity index is 0.00000128. The molecule has 0 N–H and O–H groups in total.